The van der Waals surface area contributed by atoms with E-state index in [1.807, 2.05) is 91.3 Å². The van der Waals surface area contributed by atoms with Crippen molar-refractivity contribution >= 4 is 5.91 Å². The first-order valence-electron chi connectivity index (χ1n) is 10.5. The van der Waals surface area contributed by atoms with Gasteiger partial charge in [0.05, 0.1) is 23.0 Å². The van der Waals surface area contributed by atoms with Gasteiger partial charge in [0.25, 0.3) is 5.91 Å². The second kappa shape index (κ2) is 8.91. The molecule has 0 aliphatic carbocycles. The third kappa shape index (κ3) is 3.91. The van der Waals surface area contributed by atoms with Gasteiger partial charge in [-0.15, -0.1) is 0 Å². The lowest BCUT2D eigenvalue weighted by atomic mass is 9.95. The maximum Gasteiger partial charge on any atom is 0.254 e. The van der Waals surface area contributed by atoms with Crippen LogP contribution in [0.25, 0.3) is 16.8 Å². The Hall–Kier alpha value is -4.17. The molecule has 0 aliphatic heterocycles. The number of hydrogen-bond acceptors (Lipinski definition) is 3. The summed E-state index contributed by atoms with van der Waals surface area (Å²) < 4.78 is 1.92. The van der Waals surface area contributed by atoms with E-state index >= 15 is 0 Å². The molecule has 0 spiro atoms. The number of benzene rings is 3. The summed E-state index contributed by atoms with van der Waals surface area (Å²) in [7, 11) is 1.80. The standard InChI is InChI=1S/C27H24N4O/c1-19-26(20(2)31(29-19)22-12-5-4-6-13-22)18-30(3)27(32)25-16-10-9-15-24(25)23-14-8-7-11-21(23)17-28/h4-16H,18H2,1-3H3. The minimum absolute atomic E-state index is 0.0976. The van der Waals surface area contributed by atoms with Crippen LogP contribution in [0.2, 0.25) is 0 Å². The molecule has 0 atom stereocenters. The van der Waals surface area contributed by atoms with Gasteiger partial charge in [0.1, 0.15) is 0 Å². The van der Waals surface area contributed by atoms with Crippen molar-refractivity contribution in [3.05, 3.63) is 107 Å². The number of hydrogen-bond donors (Lipinski definition) is 0. The SMILES string of the molecule is Cc1nn(-c2ccccc2)c(C)c1CN(C)C(=O)c1ccccc1-c1ccccc1C#N. The highest BCUT2D eigenvalue weighted by Gasteiger charge is 2.21. The summed E-state index contributed by atoms with van der Waals surface area (Å²) in [6.45, 7) is 4.44. The Bertz CT molecular complexity index is 1320. The molecule has 3 aromatic carbocycles. The molecule has 0 saturated carbocycles. The minimum atomic E-state index is -0.0976. The molecule has 4 aromatic rings. The van der Waals surface area contributed by atoms with E-state index in [9.17, 15) is 10.1 Å². The number of aryl methyl sites for hydroxylation is 1. The van der Waals surface area contributed by atoms with Gasteiger partial charge in [-0.1, -0.05) is 54.6 Å². The fourth-order valence-electron chi connectivity index (χ4n) is 3.96. The van der Waals surface area contributed by atoms with E-state index < -0.39 is 0 Å². The Balaban J connectivity index is 1.66. The van der Waals surface area contributed by atoms with Crippen LogP contribution in [0.1, 0.15) is 32.9 Å². The average Bonchev–Trinajstić information content (AvgIpc) is 3.12. The zero-order chi connectivity index (χ0) is 22.7. The lowest BCUT2D eigenvalue weighted by Gasteiger charge is -2.20. The van der Waals surface area contributed by atoms with Crippen LogP contribution in [0.4, 0.5) is 0 Å². The summed E-state index contributed by atoms with van der Waals surface area (Å²) in [5.74, 6) is -0.0976. The first kappa shape index (κ1) is 21.1. The van der Waals surface area contributed by atoms with Gasteiger partial charge in [0, 0.05) is 36.0 Å². The molecule has 5 nitrogen and oxygen atoms in total. The molecule has 1 aromatic heterocycles. The van der Waals surface area contributed by atoms with Crippen molar-refractivity contribution in [2.24, 2.45) is 0 Å². The molecule has 32 heavy (non-hydrogen) atoms. The van der Waals surface area contributed by atoms with Gasteiger partial charge in [0.2, 0.25) is 0 Å². The molecule has 5 heteroatoms. The van der Waals surface area contributed by atoms with Gasteiger partial charge in [0.15, 0.2) is 0 Å². The van der Waals surface area contributed by atoms with Crippen LogP contribution in [0.3, 0.4) is 0 Å². The van der Waals surface area contributed by atoms with Gasteiger partial charge in [-0.3, -0.25) is 4.79 Å². The van der Waals surface area contributed by atoms with E-state index in [0.29, 0.717) is 17.7 Å². The van der Waals surface area contributed by atoms with E-state index in [-0.39, 0.29) is 5.91 Å². The second-order valence-electron chi connectivity index (χ2n) is 7.76. The Morgan fingerprint density at radius 1 is 0.938 bits per heavy atom. The highest BCUT2D eigenvalue weighted by Crippen LogP contribution is 2.28. The third-order valence-electron chi connectivity index (χ3n) is 5.68. The van der Waals surface area contributed by atoms with Gasteiger partial charge in [-0.05, 0) is 43.7 Å². The van der Waals surface area contributed by atoms with Crippen molar-refractivity contribution in [3.63, 3.8) is 0 Å². The molecule has 0 aliphatic rings. The number of rotatable bonds is 5. The lowest BCUT2D eigenvalue weighted by molar-refractivity contribution is 0.0785. The molecule has 4 rings (SSSR count). The zero-order valence-electron chi connectivity index (χ0n) is 18.4. The molecule has 0 unspecified atom stereocenters. The lowest BCUT2D eigenvalue weighted by Crippen LogP contribution is -2.27. The maximum absolute atomic E-state index is 13.5. The smallest absolute Gasteiger partial charge is 0.254 e. The Morgan fingerprint density at radius 2 is 1.56 bits per heavy atom. The molecule has 1 heterocycles. The van der Waals surface area contributed by atoms with E-state index in [4.69, 9.17) is 5.10 Å². The number of carbonyl (C=O) groups excluding carboxylic acids is 1. The van der Waals surface area contributed by atoms with Crippen molar-refractivity contribution in [1.82, 2.24) is 14.7 Å². The summed E-state index contributed by atoms with van der Waals surface area (Å²) in [6.07, 6.45) is 0. The number of carbonyl (C=O) groups is 1. The van der Waals surface area contributed by atoms with Crippen molar-refractivity contribution in [2.45, 2.75) is 20.4 Å². The number of nitriles is 1. The van der Waals surface area contributed by atoms with Gasteiger partial charge in [-0.2, -0.15) is 10.4 Å². The van der Waals surface area contributed by atoms with Crippen LogP contribution in [0, 0.1) is 25.2 Å². The Labute approximate surface area is 188 Å². The monoisotopic (exact) mass is 420 g/mol. The fraction of sp³-hybridized carbons (Fsp3) is 0.148. The van der Waals surface area contributed by atoms with Crippen molar-refractivity contribution in [1.29, 1.82) is 5.26 Å². The predicted octanol–water partition coefficient (Wildman–Crippen LogP) is 5.30. The van der Waals surface area contributed by atoms with Gasteiger partial charge >= 0.3 is 0 Å². The third-order valence-corrected chi connectivity index (χ3v) is 5.68. The highest BCUT2D eigenvalue weighted by atomic mass is 16.2. The van der Waals surface area contributed by atoms with E-state index in [2.05, 4.69) is 6.07 Å². The zero-order valence-corrected chi connectivity index (χ0v) is 18.4. The van der Waals surface area contributed by atoms with E-state index in [0.717, 1.165) is 33.8 Å². The normalized spacial score (nSPS) is 10.6. The van der Waals surface area contributed by atoms with Crippen molar-refractivity contribution in [2.75, 3.05) is 7.05 Å². The first-order chi connectivity index (χ1) is 15.5. The maximum atomic E-state index is 13.5. The highest BCUT2D eigenvalue weighted by molar-refractivity contribution is 6.01. The van der Waals surface area contributed by atoms with Gasteiger partial charge < -0.3 is 4.90 Å². The molecular formula is C27H24N4O. The largest absolute Gasteiger partial charge is 0.337 e. The topological polar surface area (TPSA) is 61.9 Å². The summed E-state index contributed by atoms with van der Waals surface area (Å²) in [4.78, 5) is 15.2. The van der Waals surface area contributed by atoms with Crippen LogP contribution in [-0.4, -0.2) is 27.6 Å². The summed E-state index contributed by atoms with van der Waals surface area (Å²) in [5, 5.41) is 14.2. The minimum Gasteiger partial charge on any atom is -0.337 e. The molecule has 0 radical (unpaired) electrons. The number of para-hydroxylation sites is 1. The molecule has 158 valence electrons. The Kier molecular flexibility index (Phi) is 5.87. The van der Waals surface area contributed by atoms with E-state index in [1.165, 1.54) is 0 Å². The number of nitrogens with zero attached hydrogens (tertiary/aromatic N) is 4. The summed E-state index contributed by atoms with van der Waals surface area (Å²) in [5.41, 5.74) is 6.57. The van der Waals surface area contributed by atoms with Crippen LogP contribution in [0.15, 0.2) is 78.9 Å². The van der Waals surface area contributed by atoms with E-state index in [1.54, 1.807) is 18.0 Å². The average molecular weight is 421 g/mol. The van der Waals surface area contributed by atoms with Gasteiger partial charge in [-0.25, -0.2) is 4.68 Å². The molecular weight excluding hydrogens is 396 g/mol. The van der Waals surface area contributed by atoms with Crippen LogP contribution < -0.4 is 0 Å². The molecule has 0 saturated heterocycles. The van der Waals surface area contributed by atoms with Crippen molar-refractivity contribution in [3.8, 4) is 22.9 Å². The molecule has 1 amide bonds. The Morgan fingerprint density at radius 3 is 2.28 bits per heavy atom. The van der Waals surface area contributed by atoms with Crippen molar-refractivity contribution < 1.29 is 4.79 Å². The first-order valence-corrected chi connectivity index (χ1v) is 10.5. The molecule has 0 fully saturated rings. The summed E-state index contributed by atoms with van der Waals surface area (Å²) >= 11 is 0. The number of amides is 1. The number of aromatic nitrogens is 2. The quantitative estimate of drug-likeness (QED) is 0.440. The summed E-state index contributed by atoms with van der Waals surface area (Å²) in [6, 6.07) is 27.0. The van der Waals surface area contributed by atoms with Crippen LogP contribution in [-0.2, 0) is 6.54 Å². The predicted molar refractivity (Wildman–Crippen MR) is 125 cm³/mol. The van der Waals surface area contributed by atoms with Crippen LogP contribution in [0.5, 0.6) is 0 Å². The molecule has 0 bridgehead atoms. The molecule has 0 N–H and O–H groups in total. The van der Waals surface area contributed by atoms with Crippen LogP contribution >= 0.6 is 0 Å². The fourth-order valence-corrected chi connectivity index (χ4v) is 3.96. The second-order valence-corrected chi connectivity index (χ2v) is 7.76.